The van der Waals surface area contributed by atoms with Gasteiger partial charge in [-0.2, -0.15) is 5.10 Å². The fraction of sp³-hybridized carbons (Fsp3) is 0.429. The average molecular weight is 246 g/mol. The Morgan fingerprint density at radius 1 is 1.33 bits per heavy atom. The molecule has 0 atom stereocenters. The van der Waals surface area contributed by atoms with Crippen LogP contribution in [0.25, 0.3) is 10.9 Å². The molecule has 1 N–H and O–H groups in total. The molecule has 1 aromatic heterocycles. The van der Waals surface area contributed by atoms with Crippen molar-refractivity contribution < 1.29 is 9.90 Å². The molecule has 0 bridgehead atoms. The Hall–Kier alpha value is -1.84. The van der Waals surface area contributed by atoms with Crippen LogP contribution in [0.5, 0.6) is 0 Å². The number of rotatable bonds is 5. The first-order valence-electron chi connectivity index (χ1n) is 6.36. The van der Waals surface area contributed by atoms with Gasteiger partial charge >= 0.3 is 5.97 Å². The van der Waals surface area contributed by atoms with Crippen molar-refractivity contribution in [1.82, 2.24) is 9.78 Å². The molecule has 0 unspecified atom stereocenters. The van der Waals surface area contributed by atoms with E-state index in [1.165, 1.54) is 0 Å². The van der Waals surface area contributed by atoms with E-state index in [0.29, 0.717) is 5.92 Å². The molecule has 0 saturated carbocycles. The van der Waals surface area contributed by atoms with E-state index in [1.54, 1.807) is 0 Å². The number of nitrogens with zero attached hydrogens (tertiary/aromatic N) is 2. The zero-order valence-corrected chi connectivity index (χ0v) is 10.8. The average Bonchev–Trinajstić information content (AvgIpc) is 2.75. The predicted octanol–water partition coefficient (Wildman–Crippen LogP) is 3.17. The topological polar surface area (TPSA) is 55.1 Å². The van der Waals surface area contributed by atoms with Gasteiger partial charge in [0.05, 0.1) is 5.52 Å². The smallest absolute Gasteiger partial charge is 0.357 e. The van der Waals surface area contributed by atoms with Gasteiger partial charge in [-0.25, -0.2) is 4.79 Å². The Kier molecular flexibility index (Phi) is 3.65. The molecule has 18 heavy (non-hydrogen) atoms. The number of carbonyl (C=O) groups is 1. The summed E-state index contributed by atoms with van der Waals surface area (Å²) in [7, 11) is 0. The number of aromatic carboxylic acids is 1. The zero-order valence-electron chi connectivity index (χ0n) is 10.8. The van der Waals surface area contributed by atoms with Crippen molar-refractivity contribution in [3.8, 4) is 0 Å². The molecule has 4 nitrogen and oxygen atoms in total. The summed E-state index contributed by atoms with van der Waals surface area (Å²) in [6.07, 6.45) is 2.15. The number of benzene rings is 1. The lowest BCUT2D eigenvalue weighted by atomic mass is 10.0. The minimum Gasteiger partial charge on any atom is -0.476 e. The molecule has 0 aliphatic carbocycles. The Morgan fingerprint density at radius 2 is 2.00 bits per heavy atom. The Balaban J connectivity index is 2.47. The van der Waals surface area contributed by atoms with Crippen LogP contribution in [-0.4, -0.2) is 20.9 Å². The van der Waals surface area contributed by atoms with Crippen LogP contribution >= 0.6 is 0 Å². The van der Waals surface area contributed by atoms with Gasteiger partial charge in [0, 0.05) is 11.9 Å². The van der Waals surface area contributed by atoms with Crippen LogP contribution in [0.4, 0.5) is 0 Å². The second-order valence-corrected chi connectivity index (χ2v) is 4.54. The summed E-state index contributed by atoms with van der Waals surface area (Å²) < 4.78 is 1.83. The summed E-state index contributed by atoms with van der Waals surface area (Å²) in [5.41, 5.74) is 1.05. The quantitative estimate of drug-likeness (QED) is 0.881. The third-order valence-electron chi connectivity index (χ3n) is 3.45. The summed E-state index contributed by atoms with van der Waals surface area (Å²) in [4.78, 5) is 11.2. The number of hydrogen-bond acceptors (Lipinski definition) is 2. The van der Waals surface area contributed by atoms with Crippen LogP contribution in [0.1, 0.15) is 37.2 Å². The highest BCUT2D eigenvalue weighted by molar-refractivity contribution is 6.01. The van der Waals surface area contributed by atoms with Crippen LogP contribution in [0, 0.1) is 5.92 Å². The van der Waals surface area contributed by atoms with Crippen molar-refractivity contribution in [3.05, 3.63) is 30.0 Å². The summed E-state index contributed by atoms with van der Waals surface area (Å²) in [5.74, 6) is -0.426. The number of carboxylic acid groups (broad SMARTS) is 1. The molecule has 2 rings (SSSR count). The molecule has 0 saturated heterocycles. The number of aromatic nitrogens is 2. The van der Waals surface area contributed by atoms with Crippen molar-refractivity contribution in [2.24, 2.45) is 5.92 Å². The van der Waals surface area contributed by atoms with Crippen molar-refractivity contribution in [2.45, 2.75) is 33.2 Å². The van der Waals surface area contributed by atoms with Gasteiger partial charge in [-0.05, 0) is 12.0 Å². The lowest BCUT2D eigenvalue weighted by Gasteiger charge is -2.12. The number of hydrogen-bond donors (Lipinski definition) is 1. The SMILES string of the molecule is CCC(CC)Cn1nc(C(=O)O)c2ccccc21. The standard InChI is InChI=1S/C14H18N2O2/c1-3-10(4-2)9-16-12-8-6-5-7-11(12)13(15-16)14(17)18/h5-8,10H,3-4,9H2,1-2H3,(H,17,18). The van der Waals surface area contributed by atoms with Crippen LogP contribution in [0.2, 0.25) is 0 Å². The first kappa shape index (κ1) is 12.6. The Labute approximate surface area is 106 Å². The van der Waals surface area contributed by atoms with Crippen LogP contribution in [-0.2, 0) is 6.54 Å². The molecule has 2 aromatic rings. The van der Waals surface area contributed by atoms with Crippen molar-refractivity contribution in [1.29, 1.82) is 0 Å². The first-order chi connectivity index (χ1) is 8.67. The van der Waals surface area contributed by atoms with Gasteiger partial charge in [-0.1, -0.05) is 44.9 Å². The Morgan fingerprint density at radius 3 is 2.61 bits per heavy atom. The molecule has 0 aliphatic rings. The molecule has 4 heteroatoms. The van der Waals surface area contributed by atoms with Gasteiger partial charge in [-0.15, -0.1) is 0 Å². The molecule has 0 spiro atoms. The van der Waals surface area contributed by atoms with E-state index in [2.05, 4.69) is 18.9 Å². The normalized spacial score (nSPS) is 11.3. The van der Waals surface area contributed by atoms with Gasteiger partial charge in [0.15, 0.2) is 5.69 Å². The van der Waals surface area contributed by atoms with Crippen LogP contribution < -0.4 is 0 Å². The minimum atomic E-state index is -0.963. The van der Waals surface area contributed by atoms with Gasteiger partial charge in [0.25, 0.3) is 0 Å². The van der Waals surface area contributed by atoms with Gasteiger partial charge < -0.3 is 5.11 Å². The van der Waals surface area contributed by atoms with Crippen LogP contribution in [0.3, 0.4) is 0 Å². The summed E-state index contributed by atoms with van der Waals surface area (Å²) in [6.45, 7) is 5.08. The number of fused-ring (bicyclic) bond motifs is 1. The van der Waals surface area contributed by atoms with Gasteiger partial charge in [-0.3, -0.25) is 4.68 Å². The second kappa shape index (κ2) is 5.21. The maximum atomic E-state index is 11.2. The van der Waals surface area contributed by atoms with Crippen molar-refractivity contribution in [2.75, 3.05) is 0 Å². The molecule has 0 amide bonds. The molecule has 96 valence electrons. The van der Waals surface area contributed by atoms with Gasteiger partial charge in [0.1, 0.15) is 0 Å². The minimum absolute atomic E-state index is 0.150. The van der Waals surface area contributed by atoms with E-state index in [1.807, 2.05) is 28.9 Å². The van der Waals surface area contributed by atoms with E-state index < -0.39 is 5.97 Å². The van der Waals surface area contributed by atoms with Crippen molar-refractivity contribution in [3.63, 3.8) is 0 Å². The third-order valence-corrected chi connectivity index (χ3v) is 3.45. The fourth-order valence-corrected chi connectivity index (χ4v) is 2.22. The van der Waals surface area contributed by atoms with E-state index in [-0.39, 0.29) is 5.69 Å². The van der Waals surface area contributed by atoms with Crippen LogP contribution in [0.15, 0.2) is 24.3 Å². The highest BCUT2D eigenvalue weighted by Gasteiger charge is 2.17. The summed E-state index contributed by atoms with van der Waals surface area (Å²) in [5, 5.41) is 14.1. The van der Waals surface area contributed by atoms with E-state index in [9.17, 15) is 4.79 Å². The van der Waals surface area contributed by atoms with E-state index >= 15 is 0 Å². The summed E-state index contributed by atoms with van der Waals surface area (Å²) >= 11 is 0. The first-order valence-corrected chi connectivity index (χ1v) is 6.36. The highest BCUT2D eigenvalue weighted by Crippen LogP contribution is 2.21. The lowest BCUT2D eigenvalue weighted by molar-refractivity contribution is 0.0691. The monoisotopic (exact) mass is 246 g/mol. The summed E-state index contributed by atoms with van der Waals surface area (Å²) in [6, 6.07) is 7.50. The molecule has 1 aromatic carbocycles. The van der Waals surface area contributed by atoms with Crippen molar-refractivity contribution >= 4 is 16.9 Å². The zero-order chi connectivity index (χ0) is 13.1. The predicted molar refractivity (Wildman–Crippen MR) is 70.8 cm³/mol. The number of para-hydroxylation sites is 1. The molecular weight excluding hydrogens is 228 g/mol. The van der Waals surface area contributed by atoms with Gasteiger partial charge in [0.2, 0.25) is 0 Å². The largest absolute Gasteiger partial charge is 0.476 e. The highest BCUT2D eigenvalue weighted by atomic mass is 16.4. The second-order valence-electron chi connectivity index (χ2n) is 4.54. The molecule has 0 aliphatic heterocycles. The number of carboxylic acids is 1. The lowest BCUT2D eigenvalue weighted by Crippen LogP contribution is -2.11. The van der Waals surface area contributed by atoms with E-state index in [0.717, 1.165) is 30.3 Å². The Bertz CT molecular complexity index is 556. The fourth-order valence-electron chi connectivity index (χ4n) is 2.22. The maximum absolute atomic E-state index is 11.2. The molecule has 0 fully saturated rings. The third kappa shape index (κ3) is 2.23. The molecule has 0 radical (unpaired) electrons. The van der Waals surface area contributed by atoms with E-state index in [4.69, 9.17) is 5.11 Å². The molecule has 1 heterocycles. The molecular formula is C14H18N2O2. The maximum Gasteiger partial charge on any atom is 0.357 e.